The number of ether oxygens (including phenoxy) is 1. The van der Waals surface area contributed by atoms with Crippen LogP contribution in [-0.2, 0) is 10.0 Å². The lowest BCUT2D eigenvalue weighted by molar-refractivity contribution is -0.0499. The summed E-state index contributed by atoms with van der Waals surface area (Å²) in [6.07, 6.45) is 0. The van der Waals surface area contributed by atoms with Crippen LogP contribution in [0.5, 0.6) is 5.75 Å². The number of alkyl halides is 2. The average molecular weight is 563 g/mol. The third kappa shape index (κ3) is 4.97. The molecule has 3 aromatic carbocycles. The van der Waals surface area contributed by atoms with E-state index in [1.54, 1.807) is 36.4 Å². The molecule has 2 heterocycles. The lowest BCUT2D eigenvalue weighted by Crippen LogP contribution is -2.62. The van der Waals surface area contributed by atoms with Crippen molar-refractivity contribution in [3.8, 4) is 16.9 Å². The Morgan fingerprint density at radius 1 is 1.03 bits per heavy atom. The molecule has 200 valence electrons. The second-order valence-corrected chi connectivity index (χ2v) is 11.5. The highest BCUT2D eigenvalue weighted by molar-refractivity contribution is 7.92. The number of rotatable bonds is 5. The number of piperazine rings is 1. The van der Waals surface area contributed by atoms with E-state index in [4.69, 9.17) is 18.0 Å². The van der Waals surface area contributed by atoms with E-state index in [1.807, 2.05) is 17.9 Å². The molecule has 1 saturated heterocycles. The smallest absolute Gasteiger partial charge is 0.387 e. The number of hydrogen-bond acceptors (Lipinski definition) is 5. The molecule has 3 aromatic rings. The molecule has 2 aliphatic rings. The number of anilines is 2. The van der Waals surface area contributed by atoms with Crippen LogP contribution in [0.25, 0.3) is 11.1 Å². The number of halogens is 3. The summed E-state index contributed by atoms with van der Waals surface area (Å²) in [5, 5.41) is 0.256. The molecule has 1 fully saturated rings. The second-order valence-electron chi connectivity index (χ2n) is 9.24. The van der Waals surface area contributed by atoms with Crippen LogP contribution in [0.2, 0.25) is 0 Å². The van der Waals surface area contributed by atoms with Gasteiger partial charge in [0.05, 0.1) is 28.9 Å². The quantitative estimate of drug-likeness (QED) is 0.464. The van der Waals surface area contributed by atoms with Gasteiger partial charge in [0.25, 0.3) is 10.0 Å². The minimum atomic E-state index is -3.99. The highest BCUT2D eigenvalue weighted by Gasteiger charge is 2.40. The van der Waals surface area contributed by atoms with E-state index in [9.17, 15) is 21.6 Å². The maximum atomic E-state index is 14.3. The molecule has 0 amide bonds. The normalized spacial score (nSPS) is 17.3. The SMILES string of the molecule is Cc1cccc(S(=O)(=O)N2C[C@@H]3CN(C(N)=S)CCN3c3ccc(-c4cc(F)cc(OC(F)F)c4)cc32)c1. The number of nitrogens with two attached hydrogens (primary N) is 1. The largest absolute Gasteiger partial charge is 0.435 e. The Bertz CT molecular complexity index is 1500. The van der Waals surface area contributed by atoms with Gasteiger partial charge in [-0.3, -0.25) is 4.31 Å². The average Bonchev–Trinajstić information content (AvgIpc) is 2.86. The van der Waals surface area contributed by atoms with Gasteiger partial charge in [0.15, 0.2) is 5.11 Å². The monoisotopic (exact) mass is 562 g/mol. The fourth-order valence-corrected chi connectivity index (χ4v) is 6.77. The van der Waals surface area contributed by atoms with Crippen LogP contribution in [0.3, 0.4) is 0 Å². The zero-order valence-electron chi connectivity index (χ0n) is 20.4. The summed E-state index contributed by atoms with van der Waals surface area (Å²) < 4.78 is 73.5. The molecule has 12 heteroatoms. The molecule has 0 aromatic heterocycles. The molecular weight excluding hydrogens is 537 g/mol. The van der Waals surface area contributed by atoms with Crippen molar-refractivity contribution >= 4 is 38.7 Å². The minimum Gasteiger partial charge on any atom is -0.435 e. The maximum absolute atomic E-state index is 14.3. The molecule has 0 radical (unpaired) electrons. The van der Waals surface area contributed by atoms with Gasteiger partial charge in [0.2, 0.25) is 0 Å². The van der Waals surface area contributed by atoms with Crippen molar-refractivity contribution in [3.63, 3.8) is 0 Å². The highest BCUT2D eigenvalue weighted by Crippen LogP contribution is 2.42. The summed E-state index contributed by atoms with van der Waals surface area (Å²) in [5.74, 6) is -1.08. The van der Waals surface area contributed by atoms with E-state index in [0.717, 1.165) is 11.6 Å². The number of fused-ring (bicyclic) bond motifs is 3. The highest BCUT2D eigenvalue weighted by atomic mass is 32.2. The van der Waals surface area contributed by atoms with Crippen LogP contribution in [-0.4, -0.2) is 57.3 Å². The molecule has 38 heavy (non-hydrogen) atoms. The maximum Gasteiger partial charge on any atom is 0.387 e. The van der Waals surface area contributed by atoms with Gasteiger partial charge >= 0.3 is 6.61 Å². The lowest BCUT2D eigenvalue weighted by Gasteiger charge is -2.49. The summed E-state index contributed by atoms with van der Waals surface area (Å²) in [6.45, 7) is 0.436. The number of benzene rings is 3. The Morgan fingerprint density at radius 2 is 1.82 bits per heavy atom. The van der Waals surface area contributed by atoms with Gasteiger partial charge in [0.1, 0.15) is 11.6 Å². The Morgan fingerprint density at radius 3 is 2.53 bits per heavy atom. The predicted molar refractivity (Wildman–Crippen MR) is 144 cm³/mol. The lowest BCUT2D eigenvalue weighted by atomic mass is 10.00. The van der Waals surface area contributed by atoms with Crippen LogP contribution in [0.1, 0.15) is 5.56 Å². The number of aryl methyl sites for hydroxylation is 1. The van der Waals surface area contributed by atoms with Gasteiger partial charge in [-0.25, -0.2) is 12.8 Å². The summed E-state index contributed by atoms with van der Waals surface area (Å²) >= 11 is 5.16. The van der Waals surface area contributed by atoms with E-state index in [1.165, 1.54) is 16.4 Å². The van der Waals surface area contributed by atoms with Crippen molar-refractivity contribution in [1.29, 1.82) is 0 Å². The third-order valence-corrected chi connectivity index (χ3v) is 8.77. The molecule has 0 aliphatic carbocycles. The van der Waals surface area contributed by atoms with Crippen LogP contribution < -0.4 is 19.7 Å². The van der Waals surface area contributed by atoms with E-state index < -0.39 is 22.5 Å². The number of sulfonamides is 1. The molecule has 7 nitrogen and oxygen atoms in total. The minimum absolute atomic E-state index is 0.134. The van der Waals surface area contributed by atoms with E-state index in [2.05, 4.69) is 9.64 Å². The standard InChI is InChI=1S/C26H25F3N4O3S2/c1-16-3-2-4-22(9-16)38(34,35)33-15-20-14-31(26(30)37)7-8-32(20)23-6-5-17(12-24(23)33)18-10-19(27)13-21(11-18)36-25(28)29/h2-6,9-13,20,25H,7-8,14-15H2,1H3,(H2,30,37)/t20-/m0/s1. The van der Waals surface area contributed by atoms with E-state index >= 15 is 0 Å². The number of thiocarbonyl (C=S) groups is 1. The first kappa shape index (κ1) is 26.1. The number of hydrogen-bond donors (Lipinski definition) is 1. The molecule has 2 N–H and O–H groups in total. The summed E-state index contributed by atoms with van der Waals surface area (Å²) in [5.41, 5.74) is 8.48. The Kier molecular flexibility index (Phi) is 6.86. The fourth-order valence-electron chi connectivity index (χ4n) is 5.00. The summed E-state index contributed by atoms with van der Waals surface area (Å²) in [4.78, 5) is 4.11. The topological polar surface area (TPSA) is 79.1 Å². The van der Waals surface area contributed by atoms with E-state index in [0.29, 0.717) is 36.6 Å². The molecular formula is C26H25F3N4O3S2. The third-order valence-electron chi connectivity index (χ3n) is 6.73. The van der Waals surface area contributed by atoms with Crippen molar-refractivity contribution < 1.29 is 26.3 Å². The van der Waals surface area contributed by atoms with Gasteiger partial charge in [-0.2, -0.15) is 8.78 Å². The Balaban J connectivity index is 1.63. The van der Waals surface area contributed by atoms with Gasteiger partial charge < -0.3 is 20.3 Å². The zero-order chi connectivity index (χ0) is 27.2. The molecule has 1 atom stereocenters. The molecule has 5 rings (SSSR count). The second kappa shape index (κ2) is 9.99. The summed E-state index contributed by atoms with van der Waals surface area (Å²) in [7, 11) is -3.99. The fraction of sp³-hybridized carbons (Fsp3) is 0.269. The van der Waals surface area contributed by atoms with Crippen molar-refractivity contribution in [2.75, 3.05) is 35.4 Å². The Labute approximate surface area is 224 Å². The molecule has 0 unspecified atom stereocenters. The van der Waals surface area contributed by atoms with Crippen molar-refractivity contribution in [2.24, 2.45) is 5.73 Å². The van der Waals surface area contributed by atoms with Gasteiger partial charge in [0, 0.05) is 25.7 Å². The molecule has 0 bridgehead atoms. The zero-order valence-corrected chi connectivity index (χ0v) is 22.0. The first-order valence-corrected chi connectivity index (χ1v) is 13.7. The van der Waals surface area contributed by atoms with Crippen molar-refractivity contribution in [1.82, 2.24) is 4.90 Å². The molecule has 0 spiro atoms. The Hall–Kier alpha value is -3.51. The van der Waals surface area contributed by atoms with Gasteiger partial charge in [-0.1, -0.05) is 18.2 Å². The number of nitrogens with zero attached hydrogens (tertiary/aromatic N) is 3. The van der Waals surface area contributed by atoms with Crippen LogP contribution >= 0.6 is 12.2 Å². The predicted octanol–water partition coefficient (Wildman–Crippen LogP) is 4.35. The first-order valence-electron chi connectivity index (χ1n) is 11.8. The van der Waals surface area contributed by atoms with Crippen LogP contribution in [0, 0.1) is 12.7 Å². The van der Waals surface area contributed by atoms with Crippen molar-refractivity contribution in [3.05, 3.63) is 72.0 Å². The van der Waals surface area contributed by atoms with Crippen molar-refractivity contribution in [2.45, 2.75) is 24.5 Å². The van der Waals surface area contributed by atoms with Crippen LogP contribution in [0.15, 0.2) is 65.6 Å². The van der Waals surface area contributed by atoms with Crippen LogP contribution in [0.4, 0.5) is 24.5 Å². The molecule has 2 aliphatic heterocycles. The summed E-state index contributed by atoms with van der Waals surface area (Å²) in [6, 6.07) is 14.9. The van der Waals surface area contributed by atoms with E-state index in [-0.39, 0.29) is 33.9 Å². The van der Waals surface area contributed by atoms with Gasteiger partial charge in [-0.05, 0) is 72.2 Å². The first-order chi connectivity index (χ1) is 18.0. The molecule has 0 saturated carbocycles. The van der Waals surface area contributed by atoms with Gasteiger partial charge in [-0.15, -0.1) is 0 Å².